The van der Waals surface area contributed by atoms with E-state index in [1.807, 2.05) is 13.0 Å². The summed E-state index contributed by atoms with van der Waals surface area (Å²) in [5.41, 5.74) is 10.7. The molecular formula is C18H25N3O. The van der Waals surface area contributed by atoms with Gasteiger partial charge in [-0.15, -0.1) is 0 Å². The average Bonchev–Trinajstić information content (AvgIpc) is 2.43. The topological polar surface area (TPSA) is 60.9 Å². The van der Waals surface area contributed by atoms with E-state index in [-0.39, 0.29) is 11.6 Å². The quantitative estimate of drug-likeness (QED) is 0.943. The zero-order valence-electron chi connectivity index (χ0n) is 14.1. The fourth-order valence-electron chi connectivity index (χ4n) is 2.50. The Bertz CT molecular complexity index is 730. The van der Waals surface area contributed by atoms with Gasteiger partial charge in [0.05, 0.1) is 5.69 Å². The molecule has 0 saturated carbocycles. The van der Waals surface area contributed by atoms with E-state index in [2.05, 4.69) is 51.0 Å². The summed E-state index contributed by atoms with van der Waals surface area (Å²) in [6.45, 7) is 10.7. The maximum absolute atomic E-state index is 12.5. The normalized spacial score (nSPS) is 12.7. The van der Waals surface area contributed by atoms with Crippen LogP contribution in [0.1, 0.15) is 43.5 Å². The van der Waals surface area contributed by atoms with E-state index in [4.69, 9.17) is 5.73 Å². The molecule has 2 rings (SSSR count). The first kappa shape index (κ1) is 16.4. The van der Waals surface area contributed by atoms with Crippen molar-refractivity contribution in [2.24, 2.45) is 11.7 Å². The second kappa shape index (κ2) is 6.44. The molecule has 0 amide bonds. The van der Waals surface area contributed by atoms with Crippen LogP contribution in [0.5, 0.6) is 0 Å². The first-order valence-corrected chi connectivity index (χ1v) is 7.75. The molecule has 2 aromatic rings. The number of aromatic nitrogens is 2. The molecule has 0 saturated heterocycles. The number of aryl methyl sites for hydroxylation is 2. The summed E-state index contributed by atoms with van der Waals surface area (Å²) in [6, 6.07) is 7.79. The smallest absolute Gasteiger partial charge is 0.271 e. The van der Waals surface area contributed by atoms with Crippen LogP contribution in [0.3, 0.4) is 0 Å². The third-order valence-electron chi connectivity index (χ3n) is 3.70. The lowest BCUT2D eigenvalue weighted by Gasteiger charge is -2.15. The standard InChI is InChI=1S/C18H25N3O/c1-11(2)10-21-18(22)16(14(5)19)9-17(20-21)15-8-12(3)6-7-13(15)4/h6-9,11,14H,10,19H2,1-5H3. The zero-order chi connectivity index (χ0) is 16.4. The van der Waals surface area contributed by atoms with Crippen molar-refractivity contribution >= 4 is 0 Å². The largest absolute Gasteiger partial charge is 0.324 e. The molecule has 4 heteroatoms. The highest BCUT2D eigenvalue weighted by atomic mass is 16.1. The van der Waals surface area contributed by atoms with E-state index < -0.39 is 0 Å². The molecular weight excluding hydrogens is 274 g/mol. The monoisotopic (exact) mass is 299 g/mol. The highest BCUT2D eigenvalue weighted by molar-refractivity contribution is 5.64. The fraction of sp³-hybridized carbons (Fsp3) is 0.444. The van der Waals surface area contributed by atoms with E-state index in [0.29, 0.717) is 18.0 Å². The van der Waals surface area contributed by atoms with Gasteiger partial charge in [-0.2, -0.15) is 5.10 Å². The Kier molecular flexibility index (Phi) is 4.81. The van der Waals surface area contributed by atoms with Gasteiger partial charge < -0.3 is 5.73 Å². The minimum absolute atomic E-state index is 0.0854. The van der Waals surface area contributed by atoms with Gasteiger partial charge in [-0.1, -0.05) is 31.5 Å². The lowest BCUT2D eigenvalue weighted by atomic mass is 10.0. The SMILES string of the molecule is Cc1ccc(C)c(-c2cc(C(C)N)c(=O)n(CC(C)C)n2)c1. The van der Waals surface area contributed by atoms with Crippen molar-refractivity contribution in [2.45, 2.75) is 47.2 Å². The summed E-state index contributed by atoms with van der Waals surface area (Å²) in [5, 5.41) is 4.58. The molecule has 0 aliphatic rings. The molecule has 22 heavy (non-hydrogen) atoms. The third-order valence-corrected chi connectivity index (χ3v) is 3.70. The fourth-order valence-corrected chi connectivity index (χ4v) is 2.50. The Labute approximate surface area is 132 Å². The molecule has 0 aliphatic heterocycles. The van der Waals surface area contributed by atoms with Crippen LogP contribution in [0.15, 0.2) is 29.1 Å². The van der Waals surface area contributed by atoms with Gasteiger partial charge in [0.25, 0.3) is 5.56 Å². The van der Waals surface area contributed by atoms with Crippen molar-refractivity contribution in [2.75, 3.05) is 0 Å². The van der Waals surface area contributed by atoms with Gasteiger partial charge in [0.2, 0.25) is 0 Å². The van der Waals surface area contributed by atoms with E-state index in [0.717, 1.165) is 16.8 Å². The van der Waals surface area contributed by atoms with Crippen molar-refractivity contribution in [1.29, 1.82) is 0 Å². The predicted molar refractivity (Wildman–Crippen MR) is 90.8 cm³/mol. The summed E-state index contributed by atoms with van der Waals surface area (Å²) in [7, 11) is 0. The number of nitrogens with zero attached hydrogens (tertiary/aromatic N) is 2. The second-order valence-corrected chi connectivity index (χ2v) is 6.47. The van der Waals surface area contributed by atoms with Crippen LogP contribution < -0.4 is 11.3 Å². The molecule has 2 N–H and O–H groups in total. The van der Waals surface area contributed by atoms with E-state index in [9.17, 15) is 4.79 Å². The highest BCUT2D eigenvalue weighted by Crippen LogP contribution is 2.23. The molecule has 1 aromatic carbocycles. The van der Waals surface area contributed by atoms with Crippen molar-refractivity contribution in [3.63, 3.8) is 0 Å². The molecule has 0 aliphatic carbocycles. The molecule has 0 spiro atoms. The summed E-state index contributed by atoms with van der Waals surface area (Å²) in [5.74, 6) is 0.347. The molecule has 118 valence electrons. The Morgan fingerprint density at radius 1 is 1.18 bits per heavy atom. The van der Waals surface area contributed by atoms with Crippen LogP contribution in [0.4, 0.5) is 0 Å². The van der Waals surface area contributed by atoms with Crippen LogP contribution in [0, 0.1) is 19.8 Å². The maximum Gasteiger partial charge on any atom is 0.271 e. The van der Waals surface area contributed by atoms with Gasteiger partial charge in [0, 0.05) is 23.7 Å². The van der Waals surface area contributed by atoms with Crippen LogP contribution >= 0.6 is 0 Å². The predicted octanol–water partition coefficient (Wildman–Crippen LogP) is 3.20. The number of hydrogen-bond acceptors (Lipinski definition) is 3. The van der Waals surface area contributed by atoms with Crippen molar-refractivity contribution in [3.05, 3.63) is 51.3 Å². The first-order chi connectivity index (χ1) is 10.3. The van der Waals surface area contributed by atoms with Gasteiger partial charge in [-0.05, 0) is 44.4 Å². The van der Waals surface area contributed by atoms with Crippen molar-refractivity contribution in [1.82, 2.24) is 9.78 Å². The van der Waals surface area contributed by atoms with Crippen LogP contribution in [-0.2, 0) is 6.54 Å². The lowest BCUT2D eigenvalue weighted by Crippen LogP contribution is -2.31. The molecule has 0 radical (unpaired) electrons. The molecule has 0 fully saturated rings. The van der Waals surface area contributed by atoms with Crippen LogP contribution in [-0.4, -0.2) is 9.78 Å². The summed E-state index contributed by atoms with van der Waals surface area (Å²) in [4.78, 5) is 12.5. The van der Waals surface area contributed by atoms with E-state index >= 15 is 0 Å². The number of benzene rings is 1. The Hall–Kier alpha value is -1.94. The Morgan fingerprint density at radius 3 is 2.45 bits per heavy atom. The van der Waals surface area contributed by atoms with Gasteiger partial charge in [0.15, 0.2) is 0 Å². The number of rotatable bonds is 4. The van der Waals surface area contributed by atoms with Gasteiger partial charge in [-0.3, -0.25) is 4.79 Å². The minimum atomic E-state index is -0.308. The average molecular weight is 299 g/mol. The highest BCUT2D eigenvalue weighted by Gasteiger charge is 2.15. The first-order valence-electron chi connectivity index (χ1n) is 7.75. The van der Waals surface area contributed by atoms with Gasteiger partial charge in [0.1, 0.15) is 0 Å². The summed E-state index contributed by atoms with van der Waals surface area (Å²) in [6.07, 6.45) is 0. The second-order valence-electron chi connectivity index (χ2n) is 6.47. The molecule has 1 unspecified atom stereocenters. The van der Waals surface area contributed by atoms with Crippen molar-refractivity contribution < 1.29 is 0 Å². The molecule has 0 bridgehead atoms. The maximum atomic E-state index is 12.5. The summed E-state index contributed by atoms with van der Waals surface area (Å²) < 4.78 is 1.56. The number of hydrogen-bond donors (Lipinski definition) is 1. The molecule has 1 aromatic heterocycles. The Morgan fingerprint density at radius 2 is 1.86 bits per heavy atom. The molecule has 1 atom stereocenters. The Balaban J connectivity index is 2.68. The van der Waals surface area contributed by atoms with Crippen molar-refractivity contribution in [3.8, 4) is 11.3 Å². The number of nitrogens with two attached hydrogens (primary N) is 1. The van der Waals surface area contributed by atoms with Crippen LogP contribution in [0.25, 0.3) is 11.3 Å². The lowest BCUT2D eigenvalue weighted by molar-refractivity contribution is 0.460. The molecule has 1 heterocycles. The van der Waals surface area contributed by atoms with E-state index in [1.165, 1.54) is 5.56 Å². The third kappa shape index (κ3) is 3.45. The van der Waals surface area contributed by atoms with E-state index in [1.54, 1.807) is 4.68 Å². The summed E-state index contributed by atoms with van der Waals surface area (Å²) >= 11 is 0. The molecule has 4 nitrogen and oxygen atoms in total. The zero-order valence-corrected chi connectivity index (χ0v) is 14.1. The minimum Gasteiger partial charge on any atom is -0.324 e. The van der Waals surface area contributed by atoms with Gasteiger partial charge in [-0.25, -0.2) is 4.68 Å². The van der Waals surface area contributed by atoms with Gasteiger partial charge >= 0.3 is 0 Å². The van der Waals surface area contributed by atoms with Crippen LogP contribution in [0.2, 0.25) is 0 Å².